The van der Waals surface area contributed by atoms with Crippen molar-refractivity contribution in [2.24, 2.45) is 0 Å². The normalized spacial score (nSPS) is 11.3. The summed E-state index contributed by atoms with van der Waals surface area (Å²) in [6.07, 6.45) is 1.59. The highest BCUT2D eigenvalue weighted by Gasteiger charge is 1.71. The van der Waals surface area contributed by atoms with E-state index >= 15 is 0 Å². The lowest BCUT2D eigenvalue weighted by Gasteiger charge is -1.73. The van der Waals surface area contributed by atoms with Crippen LogP contribution in [0.15, 0.2) is 21.8 Å². The molecule has 0 rings (SSSR count). The maximum absolute atomic E-state index is 5.39. The monoisotopic (exact) mass is 214 g/mol. The third-order valence-corrected chi connectivity index (χ3v) is 1.60. The standard InChI is InChI=1S/C4H4ClI/c1-2-4(5)3-6/h2-3H,1H2. The highest BCUT2D eigenvalue weighted by Crippen LogP contribution is 2.03. The minimum absolute atomic E-state index is 0.690. The Morgan fingerprint density at radius 3 is 2.33 bits per heavy atom. The summed E-state index contributed by atoms with van der Waals surface area (Å²) in [6.45, 7) is 3.43. The van der Waals surface area contributed by atoms with Gasteiger partial charge in [0.1, 0.15) is 0 Å². The Bertz CT molecular complexity index is 75.6. The van der Waals surface area contributed by atoms with Crippen molar-refractivity contribution >= 4 is 34.2 Å². The van der Waals surface area contributed by atoms with E-state index in [4.69, 9.17) is 11.6 Å². The van der Waals surface area contributed by atoms with Crippen LogP contribution in [-0.4, -0.2) is 0 Å². The molecule has 0 bridgehead atoms. The molecule has 0 aromatic carbocycles. The molecule has 0 nitrogen and oxygen atoms in total. The first-order chi connectivity index (χ1) is 2.81. The van der Waals surface area contributed by atoms with Gasteiger partial charge in [-0.25, -0.2) is 0 Å². The summed E-state index contributed by atoms with van der Waals surface area (Å²) in [7, 11) is 0. The molecule has 0 atom stereocenters. The van der Waals surface area contributed by atoms with Crippen molar-refractivity contribution in [3.05, 3.63) is 21.8 Å². The van der Waals surface area contributed by atoms with E-state index in [1.54, 1.807) is 10.2 Å². The Labute approximate surface area is 56.0 Å². The molecule has 0 saturated heterocycles. The van der Waals surface area contributed by atoms with Crippen molar-refractivity contribution in [2.45, 2.75) is 0 Å². The summed E-state index contributed by atoms with van der Waals surface area (Å²) in [6, 6.07) is 0. The average molecular weight is 214 g/mol. The van der Waals surface area contributed by atoms with E-state index < -0.39 is 0 Å². The number of rotatable bonds is 1. The number of hydrogen-bond donors (Lipinski definition) is 0. The van der Waals surface area contributed by atoms with Gasteiger partial charge in [-0.05, 0) is 4.08 Å². The van der Waals surface area contributed by atoms with Crippen molar-refractivity contribution in [3.8, 4) is 0 Å². The summed E-state index contributed by atoms with van der Waals surface area (Å²) >= 11 is 7.43. The summed E-state index contributed by atoms with van der Waals surface area (Å²) in [5, 5.41) is 0.690. The molecule has 34 valence electrons. The van der Waals surface area contributed by atoms with Crippen molar-refractivity contribution in [2.75, 3.05) is 0 Å². The first-order valence-electron chi connectivity index (χ1n) is 1.39. The quantitative estimate of drug-likeness (QED) is 0.465. The van der Waals surface area contributed by atoms with E-state index in [9.17, 15) is 0 Å². The van der Waals surface area contributed by atoms with Crippen LogP contribution in [0.4, 0.5) is 0 Å². The summed E-state index contributed by atoms with van der Waals surface area (Å²) in [5.41, 5.74) is 0. The SMILES string of the molecule is C=CC(Cl)=CI. The second-order valence-corrected chi connectivity index (χ2v) is 1.76. The van der Waals surface area contributed by atoms with Gasteiger partial charge < -0.3 is 0 Å². The number of allylic oxidation sites excluding steroid dienone is 2. The van der Waals surface area contributed by atoms with Crippen LogP contribution < -0.4 is 0 Å². The fourth-order valence-electron chi connectivity index (χ4n) is 0.0445. The maximum Gasteiger partial charge on any atom is 0.0460 e. The Morgan fingerprint density at radius 1 is 1.83 bits per heavy atom. The average Bonchev–Trinajstić information content (AvgIpc) is 1.65. The second kappa shape index (κ2) is 3.68. The number of hydrogen-bond acceptors (Lipinski definition) is 0. The van der Waals surface area contributed by atoms with Crippen molar-refractivity contribution in [1.82, 2.24) is 0 Å². The zero-order valence-corrected chi connectivity index (χ0v) is 6.03. The van der Waals surface area contributed by atoms with Crippen LogP contribution in [0.1, 0.15) is 0 Å². The molecule has 0 aromatic rings. The lowest BCUT2D eigenvalue weighted by molar-refractivity contribution is 2.03. The van der Waals surface area contributed by atoms with Gasteiger partial charge >= 0.3 is 0 Å². The van der Waals surface area contributed by atoms with E-state index in [0.717, 1.165) is 0 Å². The Balaban J connectivity index is 3.50. The smallest absolute Gasteiger partial charge is 0.0460 e. The maximum atomic E-state index is 5.39. The van der Waals surface area contributed by atoms with E-state index in [-0.39, 0.29) is 0 Å². The molecule has 6 heavy (non-hydrogen) atoms. The molecule has 0 N–H and O–H groups in total. The first-order valence-corrected chi connectivity index (χ1v) is 3.02. The second-order valence-electron chi connectivity index (χ2n) is 0.698. The highest BCUT2D eigenvalue weighted by molar-refractivity contribution is 14.1. The Kier molecular flexibility index (Phi) is 3.99. The fourth-order valence-corrected chi connectivity index (χ4v) is 0.299. The van der Waals surface area contributed by atoms with Crippen LogP contribution >= 0.6 is 34.2 Å². The van der Waals surface area contributed by atoms with E-state index in [1.807, 2.05) is 22.6 Å². The zero-order valence-electron chi connectivity index (χ0n) is 3.12. The van der Waals surface area contributed by atoms with Gasteiger partial charge in [0.2, 0.25) is 0 Å². The molecular weight excluding hydrogens is 210 g/mol. The molecule has 0 aromatic heterocycles. The third kappa shape index (κ3) is 2.72. The van der Waals surface area contributed by atoms with E-state index in [1.165, 1.54) is 0 Å². The predicted molar refractivity (Wildman–Crippen MR) is 38.2 cm³/mol. The molecule has 0 spiro atoms. The molecular formula is C4H4ClI. The lowest BCUT2D eigenvalue weighted by atomic mass is 10.6. The molecule has 0 aliphatic rings. The van der Waals surface area contributed by atoms with Gasteiger partial charge in [0, 0.05) is 5.03 Å². The minimum Gasteiger partial charge on any atom is -0.0976 e. The predicted octanol–water partition coefficient (Wildman–Crippen LogP) is 2.69. The molecule has 0 unspecified atom stereocenters. The van der Waals surface area contributed by atoms with Gasteiger partial charge in [-0.3, -0.25) is 0 Å². The molecule has 0 fully saturated rings. The van der Waals surface area contributed by atoms with Crippen LogP contribution in [0, 0.1) is 0 Å². The van der Waals surface area contributed by atoms with Crippen molar-refractivity contribution < 1.29 is 0 Å². The van der Waals surface area contributed by atoms with Crippen LogP contribution in [0.3, 0.4) is 0 Å². The van der Waals surface area contributed by atoms with Gasteiger partial charge in [0.25, 0.3) is 0 Å². The van der Waals surface area contributed by atoms with Crippen LogP contribution in [0.25, 0.3) is 0 Å². The number of halogens is 2. The van der Waals surface area contributed by atoms with Crippen LogP contribution in [0.5, 0.6) is 0 Å². The van der Waals surface area contributed by atoms with Crippen LogP contribution in [0.2, 0.25) is 0 Å². The lowest BCUT2D eigenvalue weighted by Crippen LogP contribution is -1.47. The first kappa shape index (κ1) is 6.50. The Hall–Kier alpha value is 0.500. The molecule has 0 saturated carbocycles. The van der Waals surface area contributed by atoms with Gasteiger partial charge in [-0.2, -0.15) is 0 Å². The molecule has 0 radical (unpaired) electrons. The summed E-state index contributed by atoms with van der Waals surface area (Å²) in [4.78, 5) is 0. The molecule has 0 amide bonds. The van der Waals surface area contributed by atoms with Gasteiger partial charge in [0.15, 0.2) is 0 Å². The molecule has 0 heterocycles. The third-order valence-electron chi connectivity index (χ3n) is 0.299. The molecule has 0 aliphatic carbocycles. The van der Waals surface area contributed by atoms with Gasteiger partial charge in [-0.15, -0.1) is 0 Å². The zero-order chi connectivity index (χ0) is 4.99. The minimum atomic E-state index is 0.690. The van der Waals surface area contributed by atoms with Crippen LogP contribution in [-0.2, 0) is 0 Å². The molecule has 2 heteroatoms. The summed E-state index contributed by atoms with van der Waals surface area (Å²) < 4.78 is 1.76. The highest BCUT2D eigenvalue weighted by atomic mass is 127. The van der Waals surface area contributed by atoms with Gasteiger partial charge in [-0.1, -0.05) is 46.8 Å². The Morgan fingerprint density at radius 2 is 2.33 bits per heavy atom. The van der Waals surface area contributed by atoms with Gasteiger partial charge in [0.05, 0.1) is 0 Å². The molecule has 0 aliphatic heterocycles. The van der Waals surface area contributed by atoms with E-state index in [0.29, 0.717) is 5.03 Å². The van der Waals surface area contributed by atoms with E-state index in [2.05, 4.69) is 6.58 Å². The fraction of sp³-hybridized carbons (Fsp3) is 0. The summed E-state index contributed by atoms with van der Waals surface area (Å²) in [5.74, 6) is 0. The van der Waals surface area contributed by atoms with Crippen molar-refractivity contribution in [3.63, 3.8) is 0 Å². The van der Waals surface area contributed by atoms with Crippen molar-refractivity contribution in [1.29, 1.82) is 0 Å². The topological polar surface area (TPSA) is 0 Å². The largest absolute Gasteiger partial charge is 0.0976 e.